The lowest BCUT2D eigenvalue weighted by Gasteiger charge is -2.03. The van der Waals surface area contributed by atoms with Crippen molar-refractivity contribution in [3.05, 3.63) is 46.7 Å². The number of aromatic nitrogens is 2. The molecule has 0 atom stereocenters. The number of benzene rings is 1. The van der Waals surface area contributed by atoms with Gasteiger partial charge in [0.25, 0.3) is 5.89 Å². The number of carbonyl (C=O) groups is 1. The zero-order valence-electron chi connectivity index (χ0n) is 12.6. The lowest BCUT2D eigenvalue weighted by atomic mass is 10.1. The van der Waals surface area contributed by atoms with Crippen LogP contribution in [0.15, 0.2) is 50.4 Å². The van der Waals surface area contributed by atoms with E-state index in [1.54, 1.807) is 12.1 Å². The van der Waals surface area contributed by atoms with Crippen molar-refractivity contribution < 1.29 is 17.6 Å². The first-order valence-corrected chi connectivity index (χ1v) is 9.70. The van der Waals surface area contributed by atoms with Gasteiger partial charge in [0.2, 0.25) is 5.91 Å². The van der Waals surface area contributed by atoms with E-state index in [1.807, 2.05) is 16.8 Å². The van der Waals surface area contributed by atoms with Crippen LogP contribution < -0.4 is 5.32 Å². The Labute approximate surface area is 142 Å². The first-order chi connectivity index (χ1) is 11.4. The van der Waals surface area contributed by atoms with Gasteiger partial charge in [0.05, 0.1) is 11.3 Å². The van der Waals surface area contributed by atoms with Crippen molar-refractivity contribution in [3.8, 4) is 11.5 Å². The second-order valence-corrected chi connectivity index (χ2v) is 7.86. The van der Waals surface area contributed by atoms with E-state index in [2.05, 4.69) is 15.5 Å². The minimum absolute atomic E-state index is 0.0222. The fraction of sp³-hybridized carbons (Fsp3) is 0.133. The van der Waals surface area contributed by atoms with Crippen LogP contribution in [-0.2, 0) is 21.1 Å². The monoisotopic (exact) mass is 363 g/mol. The maximum Gasteiger partial charge on any atom is 0.322 e. The molecular formula is C15H13N3O4S2. The highest BCUT2D eigenvalue weighted by Crippen LogP contribution is 2.22. The molecule has 0 fully saturated rings. The third-order valence-electron chi connectivity index (χ3n) is 3.16. The SMILES string of the molecule is CS(=O)(=O)c1ccc(CC(=O)Nc2nnc(-c3ccsc3)o2)cc1. The molecule has 0 saturated heterocycles. The van der Waals surface area contributed by atoms with Crippen LogP contribution >= 0.6 is 11.3 Å². The Morgan fingerprint density at radius 3 is 2.58 bits per heavy atom. The van der Waals surface area contributed by atoms with Crippen molar-refractivity contribution in [2.24, 2.45) is 0 Å². The van der Waals surface area contributed by atoms with Crippen molar-refractivity contribution in [1.29, 1.82) is 0 Å². The van der Waals surface area contributed by atoms with Gasteiger partial charge in [-0.2, -0.15) is 11.3 Å². The number of carbonyl (C=O) groups excluding carboxylic acids is 1. The van der Waals surface area contributed by atoms with Crippen LogP contribution in [0.2, 0.25) is 0 Å². The van der Waals surface area contributed by atoms with E-state index < -0.39 is 9.84 Å². The molecule has 0 radical (unpaired) electrons. The van der Waals surface area contributed by atoms with E-state index in [0.29, 0.717) is 11.5 Å². The van der Waals surface area contributed by atoms with E-state index in [9.17, 15) is 13.2 Å². The third-order valence-corrected chi connectivity index (χ3v) is 4.97. The molecule has 3 aromatic rings. The van der Waals surface area contributed by atoms with Gasteiger partial charge in [0, 0.05) is 17.2 Å². The molecule has 3 rings (SSSR count). The molecular weight excluding hydrogens is 350 g/mol. The fourth-order valence-corrected chi connectivity index (χ4v) is 3.24. The van der Waals surface area contributed by atoms with E-state index in [-0.39, 0.29) is 23.2 Å². The molecule has 9 heteroatoms. The molecule has 2 heterocycles. The molecule has 0 aliphatic heterocycles. The molecule has 0 aliphatic rings. The van der Waals surface area contributed by atoms with Gasteiger partial charge in [0.1, 0.15) is 0 Å². The molecule has 0 saturated carbocycles. The Morgan fingerprint density at radius 2 is 1.96 bits per heavy atom. The summed E-state index contributed by atoms with van der Waals surface area (Å²) in [5.41, 5.74) is 1.47. The average Bonchev–Trinajstić information content (AvgIpc) is 3.17. The van der Waals surface area contributed by atoms with Gasteiger partial charge in [-0.05, 0) is 29.1 Å². The van der Waals surface area contributed by atoms with E-state index in [4.69, 9.17) is 4.42 Å². The van der Waals surface area contributed by atoms with Crippen molar-refractivity contribution in [3.63, 3.8) is 0 Å². The molecule has 24 heavy (non-hydrogen) atoms. The molecule has 0 bridgehead atoms. The Bertz CT molecular complexity index is 945. The zero-order valence-corrected chi connectivity index (χ0v) is 14.2. The molecule has 124 valence electrons. The summed E-state index contributed by atoms with van der Waals surface area (Å²) in [4.78, 5) is 12.2. The number of sulfone groups is 1. The number of hydrogen-bond acceptors (Lipinski definition) is 7. The summed E-state index contributed by atoms with van der Waals surface area (Å²) in [5.74, 6) is 0.00618. The standard InChI is InChI=1S/C15H13N3O4S2/c1-24(20,21)12-4-2-10(3-5-12)8-13(19)16-15-18-17-14(22-15)11-6-7-23-9-11/h2-7,9H,8H2,1H3,(H,16,18,19). The van der Waals surface area contributed by atoms with E-state index in [0.717, 1.165) is 11.8 Å². The highest BCUT2D eigenvalue weighted by molar-refractivity contribution is 7.90. The van der Waals surface area contributed by atoms with Gasteiger partial charge in [-0.15, -0.1) is 5.10 Å². The van der Waals surface area contributed by atoms with Gasteiger partial charge in [-0.25, -0.2) is 8.42 Å². The van der Waals surface area contributed by atoms with Crippen LogP contribution in [0, 0.1) is 0 Å². The normalized spacial score (nSPS) is 11.4. The van der Waals surface area contributed by atoms with Crippen LogP contribution in [0.1, 0.15) is 5.56 Å². The lowest BCUT2D eigenvalue weighted by Crippen LogP contribution is -2.14. The van der Waals surface area contributed by atoms with Crippen molar-refractivity contribution in [1.82, 2.24) is 10.2 Å². The number of thiophene rings is 1. The maximum absolute atomic E-state index is 12.0. The van der Waals surface area contributed by atoms with E-state index in [1.165, 1.54) is 23.5 Å². The van der Waals surface area contributed by atoms with Crippen molar-refractivity contribution in [2.75, 3.05) is 11.6 Å². The molecule has 0 unspecified atom stereocenters. The Kier molecular flexibility index (Phi) is 4.45. The summed E-state index contributed by atoms with van der Waals surface area (Å²) in [7, 11) is -3.25. The quantitative estimate of drug-likeness (QED) is 0.747. The van der Waals surface area contributed by atoms with Gasteiger partial charge < -0.3 is 4.42 Å². The maximum atomic E-state index is 12.0. The smallest absolute Gasteiger partial charge is 0.322 e. The first-order valence-electron chi connectivity index (χ1n) is 6.87. The summed E-state index contributed by atoms with van der Waals surface area (Å²) in [6, 6.07) is 8.00. The fourth-order valence-electron chi connectivity index (χ4n) is 1.98. The molecule has 0 spiro atoms. The minimum Gasteiger partial charge on any atom is -0.403 e. The number of nitrogens with one attached hydrogen (secondary N) is 1. The second-order valence-electron chi connectivity index (χ2n) is 5.07. The second kappa shape index (κ2) is 6.54. The van der Waals surface area contributed by atoms with Gasteiger partial charge in [0.15, 0.2) is 9.84 Å². The summed E-state index contributed by atoms with van der Waals surface area (Å²) < 4.78 is 28.2. The lowest BCUT2D eigenvalue weighted by molar-refractivity contribution is -0.115. The van der Waals surface area contributed by atoms with Crippen LogP contribution in [0.4, 0.5) is 6.01 Å². The van der Waals surface area contributed by atoms with Crippen LogP contribution in [0.25, 0.3) is 11.5 Å². The van der Waals surface area contributed by atoms with Gasteiger partial charge >= 0.3 is 6.01 Å². The van der Waals surface area contributed by atoms with Crippen LogP contribution in [-0.4, -0.2) is 30.8 Å². The van der Waals surface area contributed by atoms with Crippen LogP contribution in [0.5, 0.6) is 0 Å². The Hall–Kier alpha value is -2.52. The molecule has 1 amide bonds. The van der Waals surface area contributed by atoms with E-state index >= 15 is 0 Å². The molecule has 2 aromatic heterocycles. The van der Waals surface area contributed by atoms with Gasteiger partial charge in [-0.1, -0.05) is 17.2 Å². The van der Waals surface area contributed by atoms with Crippen molar-refractivity contribution >= 4 is 33.1 Å². The number of hydrogen-bond donors (Lipinski definition) is 1. The number of amides is 1. The molecule has 7 nitrogen and oxygen atoms in total. The van der Waals surface area contributed by atoms with Gasteiger partial charge in [-0.3, -0.25) is 10.1 Å². The summed E-state index contributed by atoms with van der Waals surface area (Å²) in [6.07, 6.45) is 1.20. The summed E-state index contributed by atoms with van der Waals surface area (Å²) in [5, 5.41) is 13.9. The molecule has 0 aliphatic carbocycles. The van der Waals surface area contributed by atoms with Crippen molar-refractivity contribution in [2.45, 2.75) is 11.3 Å². The Balaban J connectivity index is 1.64. The zero-order chi connectivity index (χ0) is 17.2. The molecule has 1 aromatic carbocycles. The minimum atomic E-state index is -3.25. The largest absolute Gasteiger partial charge is 0.403 e. The highest BCUT2D eigenvalue weighted by Gasteiger charge is 2.13. The number of nitrogens with zero attached hydrogens (tertiary/aromatic N) is 2. The summed E-state index contributed by atoms with van der Waals surface area (Å²) in [6.45, 7) is 0. The predicted molar refractivity (Wildman–Crippen MR) is 89.5 cm³/mol. The predicted octanol–water partition coefficient (Wildman–Crippen LogP) is 2.38. The van der Waals surface area contributed by atoms with Crippen LogP contribution in [0.3, 0.4) is 0 Å². The summed E-state index contributed by atoms with van der Waals surface area (Å²) >= 11 is 1.50. The third kappa shape index (κ3) is 3.87. The topological polar surface area (TPSA) is 102 Å². The Morgan fingerprint density at radius 1 is 1.21 bits per heavy atom. The number of rotatable bonds is 5. The first kappa shape index (κ1) is 16.3. The molecule has 1 N–H and O–H groups in total. The highest BCUT2D eigenvalue weighted by atomic mass is 32.2. The average molecular weight is 363 g/mol. The number of anilines is 1.